The Hall–Kier alpha value is -1.47. The largest absolute Gasteiger partial charge is 0.308 e. The summed E-state index contributed by atoms with van der Waals surface area (Å²) in [6.45, 7) is 1.31. The lowest BCUT2D eigenvalue weighted by atomic mass is 10.3. The van der Waals surface area contributed by atoms with Crippen molar-refractivity contribution in [1.29, 1.82) is 0 Å². The highest BCUT2D eigenvalue weighted by atomic mass is 35.5. The summed E-state index contributed by atoms with van der Waals surface area (Å²) in [5.74, 6) is 0. The molecule has 0 bridgehead atoms. The van der Waals surface area contributed by atoms with Gasteiger partial charge in [-0.1, -0.05) is 17.7 Å². The maximum atomic E-state index is 12.9. The van der Waals surface area contributed by atoms with Crippen LogP contribution in [0.15, 0.2) is 53.7 Å². The van der Waals surface area contributed by atoms with Gasteiger partial charge in [0.15, 0.2) is 0 Å². The van der Waals surface area contributed by atoms with Crippen LogP contribution in [0.5, 0.6) is 0 Å². The smallest absolute Gasteiger partial charge is 0.243 e. The molecule has 5 nitrogen and oxygen atoms in total. The van der Waals surface area contributed by atoms with Gasteiger partial charge in [0.2, 0.25) is 10.0 Å². The van der Waals surface area contributed by atoms with Crippen molar-refractivity contribution in [2.24, 2.45) is 0 Å². The number of aromatic nitrogens is 1. The van der Waals surface area contributed by atoms with Gasteiger partial charge in [0, 0.05) is 37.1 Å². The van der Waals surface area contributed by atoms with Crippen LogP contribution in [0.4, 0.5) is 0 Å². The maximum absolute atomic E-state index is 12.9. The molecule has 0 aliphatic heterocycles. The molecule has 0 radical (unpaired) electrons. The van der Waals surface area contributed by atoms with Crippen LogP contribution in [-0.2, 0) is 16.6 Å². The molecule has 0 saturated carbocycles. The summed E-state index contributed by atoms with van der Waals surface area (Å²) in [5.41, 5.74) is 0.851. The molecule has 0 spiro atoms. The first-order valence-corrected chi connectivity index (χ1v) is 9.01. The van der Waals surface area contributed by atoms with Crippen LogP contribution in [0, 0.1) is 0 Å². The molecule has 23 heavy (non-hydrogen) atoms. The number of likely N-dealkylation sites (N-methyl/N-ethyl adjacent to an activating group) is 1. The summed E-state index contributed by atoms with van der Waals surface area (Å²) in [4.78, 5) is 6.24. The summed E-state index contributed by atoms with van der Waals surface area (Å²) in [5, 5.41) is 0.510. The van der Waals surface area contributed by atoms with E-state index in [1.807, 2.05) is 25.1 Å². The Morgan fingerprint density at radius 3 is 2.35 bits per heavy atom. The first-order valence-electron chi connectivity index (χ1n) is 7.19. The van der Waals surface area contributed by atoms with Crippen molar-refractivity contribution in [3.63, 3.8) is 0 Å². The molecule has 0 aliphatic carbocycles. The molecule has 0 aliphatic rings. The third-order valence-electron chi connectivity index (χ3n) is 3.33. The average Bonchev–Trinajstić information content (AvgIpc) is 2.52. The summed E-state index contributed by atoms with van der Waals surface area (Å²) in [6.07, 6.45) is 3.35. The maximum Gasteiger partial charge on any atom is 0.243 e. The van der Waals surface area contributed by atoms with Gasteiger partial charge in [0.05, 0.1) is 4.90 Å². The standard InChI is InChI=1S/C16H20ClN3O2S/c1-19(2)10-11-20(13-14-4-3-9-18-12-14)23(21,22)16-7-5-15(17)6-8-16/h3-9,12H,10-11,13H2,1-2H3. The van der Waals surface area contributed by atoms with E-state index in [-0.39, 0.29) is 11.4 Å². The minimum atomic E-state index is -3.59. The van der Waals surface area contributed by atoms with Crippen LogP contribution in [-0.4, -0.2) is 49.8 Å². The topological polar surface area (TPSA) is 53.5 Å². The highest BCUT2D eigenvalue weighted by Gasteiger charge is 2.24. The van der Waals surface area contributed by atoms with Gasteiger partial charge < -0.3 is 4.90 Å². The Morgan fingerprint density at radius 2 is 1.78 bits per heavy atom. The molecule has 0 fully saturated rings. The quantitative estimate of drug-likeness (QED) is 0.767. The van der Waals surface area contributed by atoms with Gasteiger partial charge in [-0.25, -0.2) is 8.42 Å². The monoisotopic (exact) mass is 353 g/mol. The van der Waals surface area contributed by atoms with Crippen LogP contribution in [0.25, 0.3) is 0 Å². The first-order chi connectivity index (χ1) is 10.9. The molecule has 1 aromatic heterocycles. The Labute approximate surface area is 142 Å². The van der Waals surface area contributed by atoms with Crippen molar-refractivity contribution in [3.8, 4) is 0 Å². The van der Waals surface area contributed by atoms with Crippen molar-refractivity contribution >= 4 is 21.6 Å². The summed E-state index contributed by atoms with van der Waals surface area (Å²) in [7, 11) is 0.236. The Kier molecular flexibility index (Phi) is 6.12. The lowest BCUT2D eigenvalue weighted by Crippen LogP contribution is -2.36. The summed E-state index contributed by atoms with van der Waals surface area (Å²) in [6, 6.07) is 9.90. The Bertz CT molecular complexity index is 719. The van der Waals surface area contributed by atoms with E-state index in [1.165, 1.54) is 16.4 Å². The fourth-order valence-corrected chi connectivity index (χ4v) is 3.59. The number of hydrogen-bond acceptors (Lipinski definition) is 4. The molecule has 0 N–H and O–H groups in total. The normalized spacial score (nSPS) is 12.0. The van der Waals surface area contributed by atoms with Crippen molar-refractivity contribution in [1.82, 2.24) is 14.2 Å². The van der Waals surface area contributed by atoms with Gasteiger partial charge in [-0.3, -0.25) is 4.98 Å². The van der Waals surface area contributed by atoms with E-state index in [0.717, 1.165) is 5.56 Å². The van der Waals surface area contributed by atoms with Crippen LogP contribution in [0.3, 0.4) is 0 Å². The molecule has 0 unspecified atom stereocenters. The number of benzene rings is 1. The molecular weight excluding hydrogens is 334 g/mol. The fraction of sp³-hybridized carbons (Fsp3) is 0.312. The van der Waals surface area contributed by atoms with Crippen molar-refractivity contribution in [2.45, 2.75) is 11.4 Å². The van der Waals surface area contributed by atoms with Gasteiger partial charge >= 0.3 is 0 Å². The number of halogens is 1. The Morgan fingerprint density at radius 1 is 1.09 bits per heavy atom. The number of nitrogens with zero attached hydrogens (tertiary/aromatic N) is 3. The molecule has 0 amide bonds. The zero-order valence-electron chi connectivity index (χ0n) is 13.2. The van der Waals surface area contributed by atoms with E-state index in [1.54, 1.807) is 30.6 Å². The SMILES string of the molecule is CN(C)CCN(Cc1cccnc1)S(=O)(=O)c1ccc(Cl)cc1. The van der Waals surface area contributed by atoms with E-state index in [0.29, 0.717) is 18.1 Å². The second-order valence-electron chi connectivity index (χ2n) is 5.46. The second-order valence-corrected chi connectivity index (χ2v) is 7.83. The second kappa shape index (κ2) is 7.88. The number of hydrogen-bond donors (Lipinski definition) is 0. The van der Waals surface area contributed by atoms with Crippen molar-refractivity contribution in [2.75, 3.05) is 27.2 Å². The van der Waals surface area contributed by atoms with E-state index >= 15 is 0 Å². The lowest BCUT2D eigenvalue weighted by Gasteiger charge is -2.24. The molecule has 7 heteroatoms. The van der Waals surface area contributed by atoms with E-state index in [4.69, 9.17) is 11.6 Å². The van der Waals surface area contributed by atoms with E-state index in [2.05, 4.69) is 4.98 Å². The van der Waals surface area contributed by atoms with Crippen molar-refractivity contribution in [3.05, 3.63) is 59.4 Å². The highest BCUT2D eigenvalue weighted by Crippen LogP contribution is 2.20. The number of rotatable bonds is 7. The minimum absolute atomic E-state index is 0.240. The van der Waals surface area contributed by atoms with Gasteiger partial charge in [-0.05, 0) is 50.0 Å². The number of sulfonamides is 1. The van der Waals surface area contributed by atoms with Gasteiger partial charge in [0.25, 0.3) is 0 Å². The zero-order valence-corrected chi connectivity index (χ0v) is 14.8. The third-order valence-corrected chi connectivity index (χ3v) is 5.44. The third kappa shape index (κ3) is 5.00. The molecule has 124 valence electrons. The Balaban J connectivity index is 2.29. The molecule has 1 heterocycles. The zero-order chi connectivity index (χ0) is 16.9. The van der Waals surface area contributed by atoms with Crippen LogP contribution in [0.2, 0.25) is 5.02 Å². The van der Waals surface area contributed by atoms with Crippen LogP contribution >= 0.6 is 11.6 Å². The molecule has 2 aromatic rings. The van der Waals surface area contributed by atoms with Crippen LogP contribution in [0.1, 0.15) is 5.56 Å². The minimum Gasteiger partial charge on any atom is -0.308 e. The van der Waals surface area contributed by atoms with Crippen LogP contribution < -0.4 is 0 Å². The van der Waals surface area contributed by atoms with Gasteiger partial charge in [-0.2, -0.15) is 4.31 Å². The number of pyridine rings is 1. The predicted octanol–water partition coefficient (Wildman–Crippen LogP) is 2.49. The van der Waals surface area contributed by atoms with E-state index < -0.39 is 10.0 Å². The molecule has 2 rings (SSSR count). The van der Waals surface area contributed by atoms with Gasteiger partial charge in [-0.15, -0.1) is 0 Å². The molecule has 1 aromatic carbocycles. The summed E-state index contributed by atoms with van der Waals surface area (Å²) < 4.78 is 27.3. The average molecular weight is 354 g/mol. The van der Waals surface area contributed by atoms with Crippen molar-refractivity contribution < 1.29 is 8.42 Å². The molecule has 0 saturated heterocycles. The molecule has 0 atom stereocenters. The molecular formula is C16H20ClN3O2S. The fourth-order valence-electron chi connectivity index (χ4n) is 2.05. The highest BCUT2D eigenvalue weighted by molar-refractivity contribution is 7.89. The summed E-state index contributed by atoms with van der Waals surface area (Å²) >= 11 is 5.85. The first kappa shape index (κ1) is 17.9. The van der Waals surface area contributed by atoms with Gasteiger partial charge in [0.1, 0.15) is 0 Å². The van der Waals surface area contributed by atoms with E-state index in [9.17, 15) is 8.42 Å². The predicted molar refractivity (Wildman–Crippen MR) is 91.8 cm³/mol. The lowest BCUT2D eigenvalue weighted by molar-refractivity contribution is 0.329.